The van der Waals surface area contributed by atoms with Gasteiger partial charge in [0.15, 0.2) is 5.11 Å². The van der Waals surface area contributed by atoms with Crippen LogP contribution >= 0.6 is 23.8 Å². The van der Waals surface area contributed by atoms with E-state index in [1.807, 2.05) is 24.3 Å². The van der Waals surface area contributed by atoms with Gasteiger partial charge in [-0.15, -0.1) is 5.10 Å². The number of non-ortho nitro benzene ring substituents is 1. The Bertz CT molecular complexity index is 944. The van der Waals surface area contributed by atoms with E-state index in [2.05, 4.69) is 20.7 Å². The van der Waals surface area contributed by atoms with Crippen molar-refractivity contribution >= 4 is 46.3 Å². The highest BCUT2D eigenvalue weighted by atomic mass is 35.5. The molecule has 132 valence electrons. The van der Waals surface area contributed by atoms with Crippen LogP contribution in [0.1, 0.15) is 5.56 Å². The Balaban J connectivity index is 1.59. The van der Waals surface area contributed by atoms with Crippen LogP contribution in [0.15, 0.2) is 54.9 Å². The van der Waals surface area contributed by atoms with Crippen molar-refractivity contribution < 1.29 is 4.92 Å². The fraction of sp³-hybridized carbons (Fsp3) is 0.0625. The summed E-state index contributed by atoms with van der Waals surface area (Å²) in [4.78, 5) is 14.3. The summed E-state index contributed by atoms with van der Waals surface area (Å²) in [6.45, 7) is 0.483. The number of rotatable bonds is 5. The number of aromatic nitrogens is 3. The molecule has 2 N–H and O–H groups in total. The molecule has 0 atom stereocenters. The first kappa shape index (κ1) is 17.8. The Hall–Kier alpha value is -3.04. The van der Waals surface area contributed by atoms with Crippen molar-refractivity contribution in [1.82, 2.24) is 14.8 Å². The van der Waals surface area contributed by atoms with E-state index >= 15 is 0 Å². The normalized spacial score (nSPS) is 10.3. The van der Waals surface area contributed by atoms with Crippen LogP contribution in [0.25, 0.3) is 0 Å². The van der Waals surface area contributed by atoms with Gasteiger partial charge in [-0.1, -0.05) is 29.8 Å². The van der Waals surface area contributed by atoms with Gasteiger partial charge in [0.25, 0.3) is 5.69 Å². The molecule has 0 saturated heterocycles. The SMILES string of the molecule is O=[N+]([O-])c1ccc(NC(=S)Nc2ncn(Cc3ccccc3Cl)n2)cc1. The molecule has 0 aliphatic carbocycles. The van der Waals surface area contributed by atoms with Gasteiger partial charge >= 0.3 is 0 Å². The first-order valence-corrected chi connectivity index (χ1v) is 8.25. The number of benzene rings is 2. The number of hydrogen-bond donors (Lipinski definition) is 2. The van der Waals surface area contributed by atoms with Gasteiger partial charge in [-0.25, -0.2) is 9.67 Å². The third-order valence-corrected chi connectivity index (χ3v) is 3.96. The molecule has 0 unspecified atom stereocenters. The van der Waals surface area contributed by atoms with E-state index in [-0.39, 0.29) is 10.8 Å². The molecule has 0 fully saturated rings. The highest BCUT2D eigenvalue weighted by Crippen LogP contribution is 2.17. The standard InChI is InChI=1S/C16H13ClN6O2S/c17-14-4-2-1-3-11(14)9-22-10-18-15(21-22)20-16(26)19-12-5-7-13(8-6-12)23(24)25/h1-8,10H,9H2,(H2,19,20,21,26). The van der Waals surface area contributed by atoms with Crippen LogP contribution in [-0.4, -0.2) is 24.8 Å². The molecule has 1 heterocycles. The summed E-state index contributed by atoms with van der Waals surface area (Å²) in [6, 6.07) is 13.4. The lowest BCUT2D eigenvalue weighted by Gasteiger charge is -2.07. The molecule has 0 aliphatic heterocycles. The second kappa shape index (κ2) is 7.89. The molecule has 26 heavy (non-hydrogen) atoms. The van der Waals surface area contributed by atoms with Gasteiger partial charge in [0.05, 0.1) is 11.5 Å². The van der Waals surface area contributed by atoms with Crippen molar-refractivity contribution in [2.24, 2.45) is 0 Å². The molecule has 0 saturated carbocycles. The van der Waals surface area contributed by atoms with E-state index in [0.717, 1.165) is 5.56 Å². The predicted molar refractivity (Wildman–Crippen MR) is 104 cm³/mol. The van der Waals surface area contributed by atoms with E-state index in [0.29, 0.717) is 23.2 Å². The number of nitro groups is 1. The molecule has 3 rings (SSSR count). The predicted octanol–water partition coefficient (Wildman–Crippen LogP) is 3.70. The summed E-state index contributed by atoms with van der Waals surface area (Å²) in [5.41, 5.74) is 1.55. The summed E-state index contributed by atoms with van der Waals surface area (Å²) >= 11 is 11.3. The molecule has 8 nitrogen and oxygen atoms in total. The summed E-state index contributed by atoms with van der Waals surface area (Å²) in [5, 5.41) is 21.6. The highest BCUT2D eigenvalue weighted by molar-refractivity contribution is 7.80. The van der Waals surface area contributed by atoms with E-state index < -0.39 is 4.92 Å². The fourth-order valence-corrected chi connectivity index (χ4v) is 2.56. The van der Waals surface area contributed by atoms with Gasteiger partial charge in [0, 0.05) is 22.8 Å². The summed E-state index contributed by atoms with van der Waals surface area (Å²) < 4.78 is 1.64. The van der Waals surface area contributed by atoms with Crippen LogP contribution in [-0.2, 0) is 6.54 Å². The van der Waals surface area contributed by atoms with Crippen LogP contribution in [0.3, 0.4) is 0 Å². The molecule has 0 spiro atoms. The van der Waals surface area contributed by atoms with E-state index in [9.17, 15) is 10.1 Å². The number of halogens is 1. The smallest absolute Gasteiger partial charge is 0.269 e. The molecule has 0 radical (unpaired) electrons. The lowest BCUT2D eigenvalue weighted by molar-refractivity contribution is -0.384. The van der Waals surface area contributed by atoms with Crippen LogP contribution in [0, 0.1) is 10.1 Å². The van der Waals surface area contributed by atoms with Crippen molar-refractivity contribution in [1.29, 1.82) is 0 Å². The van der Waals surface area contributed by atoms with Crippen molar-refractivity contribution in [3.8, 4) is 0 Å². The maximum Gasteiger partial charge on any atom is 0.269 e. The first-order valence-electron chi connectivity index (χ1n) is 7.46. The van der Waals surface area contributed by atoms with Gasteiger partial charge in [0.2, 0.25) is 5.95 Å². The van der Waals surface area contributed by atoms with Crippen molar-refractivity contribution in [2.45, 2.75) is 6.54 Å². The zero-order chi connectivity index (χ0) is 18.5. The van der Waals surface area contributed by atoms with E-state index in [1.54, 1.807) is 23.1 Å². The number of nitrogens with zero attached hydrogens (tertiary/aromatic N) is 4. The zero-order valence-electron chi connectivity index (χ0n) is 13.3. The molecule has 10 heteroatoms. The molecule has 2 aromatic carbocycles. The molecular formula is C16H13ClN6O2S. The van der Waals surface area contributed by atoms with Gasteiger partial charge in [-0.3, -0.25) is 15.4 Å². The Labute approximate surface area is 159 Å². The first-order chi connectivity index (χ1) is 12.5. The van der Waals surface area contributed by atoms with E-state index in [1.165, 1.54) is 12.1 Å². The summed E-state index contributed by atoms with van der Waals surface area (Å²) in [5.74, 6) is 0.330. The number of nitro benzene ring substituents is 1. The monoisotopic (exact) mass is 388 g/mol. The fourth-order valence-electron chi connectivity index (χ4n) is 2.16. The minimum atomic E-state index is -0.462. The van der Waals surface area contributed by atoms with E-state index in [4.69, 9.17) is 23.8 Å². The van der Waals surface area contributed by atoms with Crippen LogP contribution in [0.5, 0.6) is 0 Å². The molecule has 0 bridgehead atoms. The number of nitrogens with one attached hydrogen (secondary N) is 2. The number of anilines is 2. The quantitative estimate of drug-likeness (QED) is 0.390. The molecule has 0 amide bonds. The molecule has 3 aromatic rings. The average molecular weight is 389 g/mol. The molecule has 0 aliphatic rings. The van der Waals surface area contributed by atoms with Crippen LogP contribution in [0.4, 0.5) is 17.3 Å². The molecule has 1 aromatic heterocycles. The Kier molecular flexibility index (Phi) is 5.40. The van der Waals surface area contributed by atoms with Crippen LogP contribution in [0.2, 0.25) is 5.02 Å². The van der Waals surface area contributed by atoms with Crippen molar-refractivity contribution in [2.75, 3.05) is 10.6 Å². The van der Waals surface area contributed by atoms with Gasteiger partial charge in [-0.2, -0.15) is 0 Å². The minimum Gasteiger partial charge on any atom is -0.332 e. The Morgan fingerprint density at radius 2 is 1.92 bits per heavy atom. The summed E-state index contributed by atoms with van der Waals surface area (Å²) in [7, 11) is 0. The largest absolute Gasteiger partial charge is 0.332 e. The third kappa shape index (κ3) is 4.52. The third-order valence-electron chi connectivity index (χ3n) is 3.39. The second-order valence-corrected chi connectivity index (χ2v) is 6.06. The average Bonchev–Trinajstić information content (AvgIpc) is 3.04. The van der Waals surface area contributed by atoms with Gasteiger partial charge < -0.3 is 5.32 Å². The zero-order valence-corrected chi connectivity index (χ0v) is 14.9. The summed E-state index contributed by atoms with van der Waals surface area (Å²) in [6.07, 6.45) is 1.57. The van der Waals surface area contributed by atoms with Gasteiger partial charge in [-0.05, 0) is 36.0 Å². The maximum absolute atomic E-state index is 10.6. The number of thiocarbonyl (C=S) groups is 1. The van der Waals surface area contributed by atoms with Crippen LogP contribution < -0.4 is 10.6 Å². The Morgan fingerprint density at radius 1 is 1.19 bits per heavy atom. The Morgan fingerprint density at radius 3 is 2.62 bits per heavy atom. The molecular weight excluding hydrogens is 376 g/mol. The van der Waals surface area contributed by atoms with Crippen molar-refractivity contribution in [3.63, 3.8) is 0 Å². The second-order valence-electron chi connectivity index (χ2n) is 5.24. The maximum atomic E-state index is 10.6. The van der Waals surface area contributed by atoms with Crippen molar-refractivity contribution in [3.05, 3.63) is 75.6 Å². The topological polar surface area (TPSA) is 97.9 Å². The lowest BCUT2D eigenvalue weighted by Crippen LogP contribution is -2.20. The van der Waals surface area contributed by atoms with Gasteiger partial charge in [0.1, 0.15) is 6.33 Å². The number of hydrogen-bond acceptors (Lipinski definition) is 5. The minimum absolute atomic E-state index is 0.00871. The lowest BCUT2D eigenvalue weighted by atomic mass is 10.2. The highest BCUT2D eigenvalue weighted by Gasteiger charge is 2.07.